The molecule has 0 bridgehead atoms. The van der Waals surface area contributed by atoms with Crippen molar-refractivity contribution in [1.82, 2.24) is 0 Å². The van der Waals surface area contributed by atoms with Gasteiger partial charge in [0, 0.05) is 10.6 Å². The van der Waals surface area contributed by atoms with Gasteiger partial charge >= 0.3 is 5.97 Å². The van der Waals surface area contributed by atoms with Crippen LogP contribution in [-0.4, -0.2) is 16.8 Å². The van der Waals surface area contributed by atoms with Gasteiger partial charge in [0.05, 0.1) is 6.42 Å². The summed E-state index contributed by atoms with van der Waals surface area (Å²) in [6.45, 7) is 2.08. The molecule has 2 nitrogen and oxygen atoms in total. The lowest BCUT2D eigenvalue weighted by molar-refractivity contribution is -0.136. The Hall–Kier alpha value is -1.74. The summed E-state index contributed by atoms with van der Waals surface area (Å²) in [5, 5.41) is 8.59. The molecule has 0 aliphatic heterocycles. The highest BCUT2D eigenvalue weighted by Crippen LogP contribution is 2.24. The van der Waals surface area contributed by atoms with Gasteiger partial charge in [-0.3, -0.25) is 4.79 Å². The molecule has 0 unspecified atom stereocenters. The fourth-order valence-electron chi connectivity index (χ4n) is 1.75. The molecule has 0 aliphatic carbocycles. The van der Waals surface area contributed by atoms with Crippen LogP contribution in [0.4, 0.5) is 0 Å². The van der Waals surface area contributed by atoms with Gasteiger partial charge in [0.25, 0.3) is 0 Å². The molecule has 0 atom stereocenters. The predicted molar refractivity (Wildman–Crippen MR) is 79.6 cm³/mol. The first kappa shape index (κ1) is 13.7. The highest BCUT2D eigenvalue weighted by Gasteiger charge is 2.00. The Morgan fingerprint density at radius 3 is 2.05 bits per heavy atom. The fourth-order valence-corrected chi connectivity index (χ4v) is 2.59. The second-order valence-electron chi connectivity index (χ2n) is 4.38. The summed E-state index contributed by atoms with van der Waals surface area (Å²) < 4.78 is 0. The molecule has 2 rings (SSSR count). The van der Waals surface area contributed by atoms with Crippen molar-refractivity contribution in [3.63, 3.8) is 0 Å². The number of thioether (sulfide) groups is 1. The van der Waals surface area contributed by atoms with Gasteiger partial charge in [-0.1, -0.05) is 42.0 Å². The SMILES string of the molecule is Cc1ccc(-c2ccc(SCCC(=O)O)cc2)cc1. The summed E-state index contributed by atoms with van der Waals surface area (Å²) in [4.78, 5) is 11.6. The molecule has 0 aliphatic rings. The number of carbonyl (C=O) groups is 1. The van der Waals surface area contributed by atoms with E-state index in [0.717, 1.165) is 4.90 Å². The molecule has 0 spiro atoms. The highest BCUT2D eigenvalue weighted by molar-refractivity contribution is 7.99. The van der Waals surface area contributed by atoms with Gasteiger partial charge in [-0.2, -0.15) is 0 Å². The van der Waals surface area contributed by atoms with Crippen LogP contribution in [0, 0.1) is 6.92 Å². The van der Waals surface area contributed by atoms with Gasteiger partial charge in [-0.05, 0) is 30.2 Å². The topological polar surface area (TPSA) is 37.3 Å². The van der Waals surface area contributed by atoms with E-state index in [4.69, 9.17) is 5.11 Å². The van der Waals surface area contributed by atoms with E-state index in [1.807, 2.05) is 12.1 Å². The number of aliphatic carboxylic acids is 1. The molecular formula is C16H16O2S. The van der Waals surface area contributed by atoms with Crippen LogP contribution in [0.25, 0.3) is 11.1 Å². The summed E-state index contributed by atoms with van der Waals surface area (Å²) in [5.74, 6) is -0.136. The maximum Gasteiger partial charge on any atom is 0.304 e. The molecule has 0 saturated carbocycles. The van der Waals surface area contributed by atoms with Crippen molar-refractivity contribution in [2.45, 2.75) is 18.2 Å². The molecule has 0 aromatic heterocycles. The normalized spacial score (nSPS) is 10.4. The number of benzene rings is 2. The molecule has 98 valence electrons. The van der Waals surface area contributed by atoms with Crippen LogP contribution in [-0.2, 0) is 4.79 Å². The molecule has 0 fully saturated rings. The van der Waals surface area contributed by atoms with E-state index < -0.39 is 5.97 Å². The minimum atomic E-state index is -0.747. The molecule has 2 aromatic carbocycles. The van der Waals surface area contributed by atoms with Gasteiger partial charge < -0.3 is 5.11 Å². The van der Waals surface area contributed by atoms with Gasteiger partial charge in [0.1, 0.15) is 0 Å². The monoisotopic (exact) mass is 272 g/mol. The lowest BCUT2D eigenvalue weighted by atomic mass is 10.0. The van der Waals surface area contributed by atoms with Crippen molar-refractivity contribution >= 4 is 17.7 Å². The van der Waals surface area contributed by atoms with E-state index in [2.05, 4.69) is 43.3 Å². The van der Waals surface area contributed by atoms with Crippen molar-refractivity contribution < 1.29 is 9.90 Å². The third-order valence-electron chi connectivity index (χ3n) is 2.82. The molecule has 0 radical (unpaired) electrons. The Morgan fingerprint density at radius 1 is 1.00 bits per heavy atom. The van der Waals surface area contributed by atoms with Crippen LogP contribution in [0.2, 0.25) is 0 Å². The summed E-state index contributed by atoms with van der Waals surface area (Å²) in [6.07, 6.45) is 0.199. The molecule has 0 amide bonds. The van der Waals surface area contributed by atoms with Crippen LogP contribution < -0.4 is 0 Å². The van der Waals surface area contributed by atoms with Gasteiger partial charge in [0.15, 0.2) is 0 Å². The second-order valence-corrected chi connectivity index (χ2v) is 5.55. The third kappa shape index (κ3) is 4.14. The van der Waals surface area contributed by atoms with E-state index in [1.165, 1.54) is 16.7 Å². The van der Waals surface area contributed by atoms with E-state index in [1.54, 1.807) is 11.8 Å². The molecule has 0 heterocycles. The molecule has 2 aromatic rings. The van der Waals surface area contributed by atoms with Gasteiger partial charge in [-0.25, -0.2) is 0 Å². The van der Waals surface area contributed by atoms with Crippen molar-refractivity contribution in [1.29, 1.82) is 0 Å². The van der Waals surface area contributed by atoms with Gasteiger partial charge in [-0.15, -0.1) is 11.8 Å². The maximum atomic E-state index is 10.4. The van der Waals surface area contributed by atoms with Crippen molar-refractivity contribution in [3.05, 3.63) is 54.1 Å². The van der Waals surface area contributed by atoms with Crippen molar-refractivity contribution in [2.24, 2.45) is 0 Å². The number of hydrogen-bond donors (Lipinski definition) is 1. The molecule has 3 heteroatoms. The van der Waals surface area contributed by atoms with Crippen LogP contribution >= 0.6 is 11.8 Å². The standard InChI is InChI=1S/C16H16O2S/c1-12-2-4-13(5-3-12)14-6-8-15(9-7-14)19-11-10-16(17)18/h2-9H,10-11H2,1H3,(H,17,18). The smallest absolute Gasteiger partial charge is 0.304 e. The van der Waals surface area contributed by atoms with E-state index in [0.29, 0.717) is 5.75 Å². The first-order valence-electron chi connectivity index (χ1n) is 6.17. The lowest BCUT2D eigenvalue weighted by Crippen LogP contribution is -1.95. The van der Waals surface area contributed by atoms with Crippen LogP contribution in [0.5, 0.6) is 0 Å². The summed E-state index contributed by atoms with van der Waals surface area (Å²) >= 11 is 1.57. The Labute approximate surface area is 117 Å². The summed E-state index contributed by atoms with van der Waals surface area (Å²) in [6, 6.07) is 16.7. The Kier molecular flexibility index (Phi) is 4.63. The van der Waals surface area contributed by atoms with Crippen molar-refractivity contribution in [3.8, 4) is 11.1 Å². The predicted octanol–water partition coefficient (Wildman–Crippen LogP) is 4.23. The lowest BCUT2D eigenvalue weighted by Gasteiger charge is -2.04. The van der Waals surface area contributed by atoms with E-state index >= 15 is 0 Å². The quantitative estimate of drug-likeness (QED) is 0.828. The largest absolute Gasteiger partial charge is 0.481 e. The molecular weight excluding hydrogens is 256 g/mol. The number of hydrogen-bond acceptors (Lipinski definition) is 2. The van der Waals surface area contributed by atoms with Crippen LogP contribution in [0.1, 0.15) is 12.0 Å². The number of carboxylic acids is 1. The second kappa shape index (κ2) is 6.43. The van der Waals surface area contributed by atoms with Crippen LogP contribution in [0.15, 0.2) is 53.4 Å². The van der Waals surface area contributed by atoms with Crippen molar-refractivity contribution in [2.75, 3.05) is 5.75 Å². The molecule has 19 heavy (non-hydrogen) atoms. The first-order valence-corrected chi connectivity index (χ1v) is 7.15. The third-order valence-corrected chi connectivity index (χ3v) is 3.84. The van der Waals surface area contributed by atoms with E-state index in [-0.39, 0.29) is 6.42 Å². The minimum absolute atomic E-state index is 0.199. The van der Waals surface area contributed by atoms with E-state index in [9.17, 15) is 4.79 Å². The Morgan fingerprint density at radius 2 is 1.53 bits per heavy atom. The number of aryl methyl sites for hydroxylation is 1. The minimum Gasteiger partial charge on any atom is -0.481 e. The Bertz CT molecular complexity index is 544. The number of carboxylic acid groups (broad SMARTS) is 1. The fraction of sp³-hybridized carbons (Fsp3) is 0.188. The van der Waals surface area contributed by atoms with Gasteiger partial charge in [0.2, 0.25) is 0 Å². The Balaban J connectivity index is 2.02. The summed E-state index contributed by atoms with van der Waals surface area (Å²) in [5.41, 5.74) is 3.64. The molecule has 1 N–H and O–H groups in total. The zero-order valence-corrected chi connectivity index (χ0v) is 11.6. The first-order chi connectivity index (χ1) is 9.15. The molecule has 0 saturated heterocycles. The zero-order valence-electron chi connectivity index (χ0n) is 10.8. The highest BCUT2D eigenvalue weighted by atomic mass is 32.2. The van der Waals surface area contributed by atoms with Crippen LogP contribution in [0.3, 0.4) is 0 Å². The summed E-state index contributed by atoms with van der Waals surface area (Å²) in [7, 11) is 0. The number of rotatable bonds is 5. The zero-order chi connectivity index (χ0) is 13.7. The average molecular weight is 272 g/mol. The average Bonchev–Trinajstić information content (AvgIpc) is 2.40. The maximum absolute atomic E-state index is 10.4.